The number of carbonyl (C=O) groups excluding carboxylic acids is 2. The van der Waals surface area contributed by atoms with E-state index in [1.54, 1.807) is 13.0 Å². The molecule has 1 N–H and O–H groups in total. The van der Waals surface area contributed by atoms with Crippen LogP contribution in [0.4, 0.5) is 4.39 Å². The summed E-state index contributed by atoms with van der Waals surface area (Å²) in [7, 11) is 0. The maximum Gasteiger partial charge on any atom is 0.264 e. The first kappa shape index (κ1) is 12.7. The lowest BCUT2D eigenvalue weighted by molar-refractivity contribution is -0.130. The predicted octanol–water partition coefficient (Wildman–Crippen LogP) is 1.59. The molecular weight excluding hydrogens is 259 g/mol. The second-order valence-electron chi connectivity index (χ2n) is 3.90. The third-order valence-electron chi connectivity index (χ3n) is 2.58. The second-order valence-corrected chi connectivity index (χ2v) is 4.55. The molecule has 2 rings (SSSR count). The molecule has 6 heteroatoms. The van der Waals surface area contributed by atoms with Gasteiger partial charge in [0.25, 0.3) is 5.91 Å². The fourth-order valence-electron chi connectivity index (χ4n) is 1.69. The summed E-state index contributed by atoms with van der Waals surface area (Å²) >= 11 is 5.74. The Labute approximate surface area is 108 Å². The minimum absolute atomic E-state index is 0.0185. The number of benzene rings is 1. The van der Waals surface area contributed by atoms with E-state index >= 15 is 0 Å². The van der Waals surface area contributed by atoms with Crippen molar-refractivity contribution in [2.24, 2.45) is 4.99 Å². The van der Waals surface area contributed by atoms with Crippen LogP contribution in [0.2, 0.25) is 0 Å². The van der Waals surface area contributed by atoms with Crippen LogP contribution < -0.4 is 5.32 Å². The quantitative estimate of drug-likeness (QED) is 0.654. The lowest BCUT2D eigenvalue weighted by atomic mass is 9.95. The lowest BCUT2D eigenvalue weighted by Gasteiger charge is -2.21. The summed E-state index contributed by atoms with van der Waals surface area (Å²) < 4.78 is 13.6. The molecule has 0 aliphatic carbocycles. The molecule has 18 heavy (non-hydrogen) atoms. The van der Waals surface area contributed by atoms with Crippen molar-refractivity contribution in [1.29, 1.82) is 0 Å². The Balaban J connectivity index is 2.40. The fourth-order valence-corrected chi connectivity index (χ4v) is 1.80. The average molecular weight is 269 g/mol. The van der Waals surface area contributed by atoms with Crippen LogP contribution in [0.3, 0.4) is 0 Å². The molecule has 4 nitrogen and oxygen atoms in total. The first-order chi connectivity index (χ1) is 8.50. The average Bonchev–Trinajstić information content (AvgIpc) is 2.30. The van der Waals surface area contributed by atoms with Gasteiger partial charge in [-0.15, -0.1) is 11.6 Å². The molecule has 2 unspecified atom stereocenters. The molecule has 1 heterocycles. The van der Waals surface area contributed by atoms with E-state index in [1.807, 2.05) is 0 Å². The summed E-state index contributed by atoms with van der Waals surface area (Å²) in [4.78, 5) is 27.3. The number of aliphatic imine (C=N–C) groups is 1. The molecule has 0 fully saturated rings. The van der Waals surface area contributed by atoms with E-state index in [2.05, 4.69) is 10.3 Å². The van der Waals surface area contributed by atoms with Crippen LogP contribution in [0, 0.1) is 5.82 Å². The summed E-state index contributed by atoms with van der Waals surface area (Å²) in [6.45, 7) is 1.58. The summed E-state index contributed by atoms with van der Waals surface area (Å²) in [5.74, 6) is -3.07. The zero-order valence-corrected chi connectivity index (χ0v) is 10.2. The standard InChI is InChI=1S/C12H10ClFN2O2/c1-6(13)10-15-11(17)9(12(18)16-10)7-4-2-3-5-8(7)14/h2-6,9H,1H3,(H,15,16,17,18). The molecular formula is C12H10ClFN2O2. The van der Waals surface area contributed by atoms with E-state index in [4.69, 9.17) is 11.6 Å². The van der Waals surface area contributed by atoms with Crippen molar-refractivity contribution in [3.8, 4) is 0 Å². The zero-order chi connectivity index (χ0) is 13.3. The van der Waals surface area contributed by atoms with E-state index in [-0.39, 0.29) is 11.4 Å². The van der Waals surface area contributed by atoms with Crippen LogP contribution in [-0.4, -0.2) is 23.0 Å². The third-order valence-corrected chi connectivity index (χ3v) is 2.79. The number of carbonyl (C=O) groups is 2. The number of nitrogens with zero attached hydrogens (tertiary/aromatic N) is 1. The maximum absolute atomic E-state index is 13.6. The Morgan fingerprint density at radius 1 is 1.39 bits per heavy atom. The third kappa shape index (κ3) is 2.26. The minimum Gasteiger partial charge on any atom is -0.312 e. The van der Waals surface area contributed by atoms with Crippen LogP contribution in [0.25, 0.3) is 0 Å². The highest BCUT2D eigenvalue weighted by Gasteiger charge is 2.35. The highest BCUT2D eigenvalue weighted by Crippen LogP contribution is 2.23. The SMILES string of the molecule is CC(Cl)C1=NC(=O)C(c2ccccc2F)C(=O)N1. The van der Waals surface area contributed by atoms with E-state index in [0.717, 1.165) is 0 Å². The molecule has 1 aliphatic heterocycles. The van der Waals surface area contributed by atoms with Crippen molar-refractivity contribution in [2.75, 3.05) is 0 Å². The predicted molar refractivity (Wildman–Crippen MR) is 65.0 cm³/mol. The molecule has 0 saturated carbocycles. The van der Waals surface area contributed by atoms with E-state index in [0.29, 0.717) is 0 Å². The Bertz CT molecular complexity index is 543. The number of halogens is 2. The van der Waals surface area contributed by atoms with Crippen LogP contribution in [0.15, 0.2) is 29.3 Å². The number of rotatable bonds is 2. The number of hydrogen-bond donors (Lipinski definition) is 1. The number of alkyl halides is 1. The number of nitrogens with one attached hydrogen (secondary N) is 1. The van der Waals surface area contributed by atoms with E-state index in [9.17, 15) is 14.0 Å². The molecule has 94 valence electrons. The van der Waals surface area contributed by atoms with Gasteiger partial charge >= 0.3 is 0 Å². The van der Waals surface area contributed by atoms with Gasteiger partial charge in [-0.2, -0.15) is 4.99 Å². The molecule has 1 aromatic rings. The molecule has 2 atom stereocenters. The summed E-state index contributed by atoms with van der Waals surface area (Å²) in [5.41, 5.74) is 0.0185. The van der Waals surface area contributed by atoms with Gasteiger partial charge in [0.15, 0.2) is 0 Å². The first-order valence-electron chi connectivity index (χ1n) is 5.32. The topological polar surface area (TPSA) is 58.5 Å². The molecule has 1 aromatic carbocycles. The summed E-state index contributed by atoms with van der Waals surface area (Å²) in [6.07, 6.45) is 0. The van der Waals surface area contributed by atoms with Crippen molar-refractivity contribution in [3.63, 3.8) is 0 Å². The largest absolute Gasteiger partial charge is 0.312 e. The highest BCUT2D eigenvalue weighted by molar-refractivity contribution is 6.35. The Kier molecular flexibility index (Phi) is 3.43. The van der Waals surface area contributed by atoms with Gasteiger partial charge in [0, 0.05) is 5.56 Å². The highest BCUT2D eigenvalue weighted by atomic mass is 35.5. The molecule has 0 aromatic heterocycles. The molecule has 0 saturated heterocycles. The molecule has 1 aliphatic rings. The smallest absolute Gasteiger partial charge is 0.264 e. The molecule has 0 radical (unpaired) electrons. The summed E-state index contributed by atoms with van der Waals surface area (Å²) in [6, 6.07) is 5.63. The maximum atomic E-state index is 13.6. The van der Waals surface area contributed by atoms with Crippen molar-refractivity contribution in [2.45, 2.75) is 18.2 Å². The fraction of sp³-hybridized carbons (Fsp3) is 0.250. The second kappa shape index (κ2) is 4.86. The Hall–Kier alpha value is -1.75. The van der Waals surface area contributed by atoms with Gasteiger partial charge in [0.1, 0.15) is 17.6 Å². The molecule has 2 amide bonds. The van der Waals surface area contributed by atoms with Crippen LogP contribution >= 0.6 is 11.6 Å². The normalized spacial score (nSPS) is 21.3. The van der Waals surface area contributed by atoms with Crippen LogP contribution in [0.1, 0.15) is 18.4 Å². The van der Waals surface area contributed by atoms with Gasteiger partial charge in [-0.05, 0) is 13.0 Å². The first-order valence-corrected chi connectivity index (χ1v) is 5.76. The molecule has 0 spiro atoms. The van der Waals surface area contributed by atoms with Gasteiger partial charge < -0.3 is 5.32 Å². The monoisotopic (exact) mass is 268 g/mol. The lowest BCUT2D eigenvalue weighted by Crippen LogP contribution is -2.45. The van der Waals surface area contributed by atoms with Crippen molar-refractivity contribution in [1.82, 2.24) is 5.32 Å². The summed E-state index contributed by atoms with van der Waals surface area (Å²) in [5, 5.41) is 1.83. The number of amidine groups is 1. The Morgan fingerprint density at radius 2 is 2.06 bits per heavy atom. The van der Waals surface area contributed by atoms with E-state index in [1.165, 1.54) is 18.2 Å². The number of hydrogen-bond acceptors (Lipinski definition) is 2. The van der Waals surface area contributed by atoms with Crippen molar-refractivity contribution >= 4 is 29.3 Å². The zero-order valence-electron chi connectivity index (χ0n) is 9.48. The Morgan fingerprint density at radius 3 is 2.61 bits per heavy atom. The van der Waals surface area contributed by atoms with Crippen LogP contribution in [-0.2, 0) is 9.59 Å². The van der Waals surface area contributed by atoms with Crippen molar-refractivity contribution in [3.05, 3.63) is 35.6 Å². The van der Waals surface area contributed by atoms with Crippen molar-refractivity contribution < 1.29 is 14.0 Å². The van der Waals surface area contributed by atoms with Gasteiger partial charge in [-0.25, -0.2) is 4.39 Å². The van der Waals surface area contributed by atoms with Gasteiger partial charge in [0.05, 0.1) is 5.38 Å². The van der Waals surface area contributed by atoms with Gasteiger partial charge in [-0.3, -0.25) is 9.59 Å². The minimum atomic E-state index is -1.25. The molecule has 0 bridgehead atoms. The van der Waals surface area contributed by atoms with Gasteiger partial charge in [-0.1, -0.05) is 18.2 Å². The van der Waals surface area contributed by atoms with Gasteiger partial charge in [0.2, 0.25) is 5.91 Å². The van der Waals surface area contributed by atoms with Crippen LogP contribution in [0.5, 0.6) is 0 Å². The number of amides is 2. The van der Waals surface area contributed by atoms with E-state index < -0.39 is 28.9 Å².